The lowest BCUT2D eigenvalue weighted by Crippen LogP contribution is -2.41. The number of carbonyl (C=O) groups excluding carboxylic acids is 2. The molecule has 1 atom stereocenters. The zero-order chi connectivity index (χ0) is 28.6. The van der Waals surface area contributed by atoms with E-state index in [0.29, 0.717) is 56.0 Å². The van der Waals surface area contributed by atoms with Gasteiger partial charge >= 0.3 is 5.97 Å². The lowest BCUT2D eigenvalue weighted by atomic mass is 9.94. The molecular weight excluding hydrogens is 594 g/mol. The molecule has 0 N–H and O–H groups in total. The molecule has 0 saturated heterocycles. The fraction of sp³-hybridized carbons (Fsp3) is 0.267. The van der Waals surface area contributed by atoms with E-state index in [4.69, 9.17) is 14.5 Å². The van der Waals surface area contributed by atoms with Crippen LogP contribution in [0.2, 0.25) is 0 Å². The van der Waals surface area contributed by atoms with Crippen LogP contribution in [-0.2, 0) is 14.3 Å². The zero-order valence-electron chi connectivity index (χ0n) is 22.4. The van der Waals surface area contributed by atoms with E-state index in [9.17, 15) is 14.4 Å². The van der Waals surface area contributed by atoms with Gasteiger partial charge in [0.2, 0.25) is 0 Å². The Morgan fingerprint density at radius 2 is 1.98 bits per heavy atom. The normalized spacial score (nSPS) is 17.4. The predicted octanol–water partition coefficient (Wildman–Crippen LogP) is 4.25. The third-order valence-corrected chi connectivity index (χ3v) is 8.49. The smallest absolute Gasteiger partial charge is 0.338 e. The van der Waals surface area contributed by atoms with Crippen LogP contribution in [0, 0.1) is 0 Å². The van der Waals surface area contributed by atoms with Crippen molar-refractivity contribution in [1.29, 1.82) is 0 Å². The molecule has 2 aromatic carbocycles. The second-order valence-electron chi connectivity index (χ2n) is 9.22. The number of nitrogens with zero attached hydrogens (tertiary/aromatic N) is 3. The summed E-state index contributed by atoms with van der Waals surface area (Å²) in [5.74, 6) is -0.179. The molecule has 0 unspecified atom stereocenters. The number of ether oxygens (including phenoxy) is 2. The highest BCUT2D eigenvalue weighted by Crippen LogP contribution is 2.37. The van der Waals surface area contributed by atoms with Crippen molar-refractivity contribution in [2.75, 3.05) is 25.2 Å². The summed E-state index contributed by atoms with van der Waals surface area (Å²) >= 11 is 4.71. The molecule has 10 heteroatoms. The number of hydrogen-bond acceptors (Lipinski definition) is 7. The van der Waals surface area contributed by atoms with Gasteiger partial charge in [0, 0.05) is 12.1 Å². The van der Waals surface area contributed by atoms with E-state index in [1.54, 1.807) is 31.1 Å². The summed E-state index contributed by atoms with van der Waals surface area (Å²) in [6.07, 6.45) is 2.92. The van der Waals surface area contributed by atoms with Crippen molar-refractivity contribution in [3.05, 3.63) is 102 Å². The van der Waals surface area contributed by atoms with Crippen molar-refractivity contribution < 1.29 is 19.1 Å². The monoisotopic (exact) mass is 621 g/mol. The van der Waals surface area contributed by atoms with E-state index in [0.717, 1.165) is 23.4 Å². The van der Waals surface area contributed by atoms with Gasteiger partial charge in [0.1, 0.15) is 10.3 Å². The molecular formula is C30H28BrN3O5S. The van der Waals surface area contributed by atoms with E-state index in [1.807, 2.05) is 43.3 Å². The molecule has 206 valence electrons. The molecule has 1 aromatic heterocycles. The van der Waals surface area contributed by atoms with Crippen LogP contribution in [0.3, 0.4) is 0 Å². The topological polar surface area (TPSA) is 90.2 Å². The first kappa shape index (κ1) is 27.8. The summed E-state index contributed by atoms with van der Waals surface area (Å²) in [5.41, 5.74) is 2.91. The number of esters is 1. The summed E-state index contributed by atoms with van der Waals surface area (Å²) in [4.78, 5) is 48.2. The van der Waals surface area contributed by atoms with Gasteiger partial charge in [-0.15, -0.1) is 6.58 Å². The summed E-state index contributed by atoms with van der Waals surface area (Å²) in [7, 11) is 1.57. The number of rotatable bonds is 8. The average Bonchev–Trinajstić information content (AvgIpc) is 3.41. The van der Waals surface area contributed by atoms with Gasteiger partial charge in [-0.3, -0.25) is 14.2 Å². The van der Waals surface area contributed by atoms with Gasteiger partial charge in [0.05, 0.1) is 46.8 Å². The van der Waals surface area contributed by atoms with Gasteiger partial charge in [-0.2, -0.15) is 0 Å². The number of carbonyl (C=O) groups is 2. The Kier molecular flexibility index (Phi) is 7.91. The Bertz CT molecular complexity index is 1750. The number of fused-ring (bicyclic) bond motifs is 2. The molecule has 1 amide bonds. The number of para-hydroxylation sites is 1. The first-order chi connectivity index (χ1) is 19.4. The molecule has 0 saturated carbocycles. The minimum Gasteiger partial charge on any atom is -0.496 e. The third-order valence-electron chi connectivity index (χ3n) is 6.82. The highest BCUT2D eigenvalue weighted by molar-refractivity contribution is 9.10. The second kappa shape index (κ2) is 11.4. The Balaban J connectivity index is 1.85. The zero-order valence-corrected chi connectivity index (χ0v) is 24.8. The SMILES string of the molecule is C=CCN1C(=O)/C(=c2/sc3n(c2=O)[C@H](c2ccc(OC)c(Br)c2)C(C(=O)OCC)=C(CCC)N=3)c2ccccc21. The van der Waals surface area contributed by atoms with Gasteiger partial charge < -0.3 is 14.4 Å². The standard InChI is InChI=1S/C30H28BrN3O5S/c1-5-10-20-24(29(37)39-7-3)25(17-13-14-22(38-4)19(31)16-17)34-28(36)26(40-30(34)32-20)23-18-11-8-9-12-21(18)33(15-6-2)27(23)35/h6,8-9,11-14,16,25H,2,5,7,10,15H2,1,3-4H3/b26-23+/t25-/m1/s1. The van der Waals surface area contributed by atoms with Crippen molar-refractivity contribution in [3.63, 3.8) is 0 Å². The number of methoxy groups -OCH3 is 1. The fourth-order valence-corrected chi connectivity index (χ4v) is 6.82. The molecule has 2 aliphatic heterocycles. The number of thiazole rings is 1. The van der Waals surface area contributed by atoms with Gasteiger partial charge in [-0.05, 0) is 53.0 Å². The van der Waals surface area contributed by atoms with E-state index < -0.39 is 17.6 Å². The predicted molar refractivity (Wildman–Crippen MR) is 158 cm³/mol. The summed E-state index contributed by atoms with van der Waals surface area (Å²) in [5, 5.41) is 0. The third kappa shape index (κ3) is 4.54. The maximum Gasteiger partial charge on any atom is 0.338 e. The summed E-state index contributed by atoms with van der Waals surface area (Å²) in [6.45, 7) is 8.02. The van der Waals surface area contributed by atoms with Crippen LogP contribution in [0.1, 0.15) is 43.9 Å². The van der Waals surface area contributed by atoms with Crippen molar-refractivity contribution in [3.8, 4) is 5.75 Å². The van der Waals surface area contributed by atoms with Crippen LogP contribution in [0.15, 0.2) is 80.6 Å². The van der Waals surface area contributed by atoms with Crippen LogP contribution in [0.5, 0.6) is 5.75 Å². The van der Waals surface area contributed by atoms with Crippen LogP contribution >= 0.6 is 27.3 Å². The molecule has 0 bridgehead atoms. The minimum absolute atomic E-state index is 0.180. The van der Waals surface area contributed by atoms with Crippen molar-refractivity contribution in [2.24, 2.45) is 4.99 Å². The van der Waals surface area contributed by atoms with E-state index >= 15 is 0 Å². The van der Waals surface area contributed by atoms with E-state index in [-0.39, 0.29) is 17.0 Å². The molecule has 3 heterocycles. The summed E-state index contributed by atoms with van der Waals surface area (Å²) in [6, 6.07) is 12.0. The van der Waals surface area contributed by atoms with Crippen molar-refractivity contribution in [1.82, 2.24) is 4.57 Å². The maximum atomic E-state index is 14.3. The fourth-order valence-electron chi connectivity index (χ4n) is 5.15. The van der Waals surface area contributed by atoms with Gasteiger partial charge in [-0.25, -0.2) is 9.79 Å². The number of benzene rings is 2. The first-order valence-corrected chi connectivity index (χ1v) is 14.6. The van der Waals surface area contributed by atoms with Gasteiger partial charge in [0.15, 0.2) is 4.80 Å². The molecule has 0 aliphatic carbocycles. The highest BCUT2D eigenvalue weighted by Gasteiger charge is 2.37. The number of halogens is 1. The van der Waals surface area contributed by atoms with Crippen LogP contribution in [0.25, 0.3) is 5.57 Å². The lowest BCUT2D eigenvalue weighted by molar-refractivity contribution is -0.139. The molecule has 0 fully saturated rings. The maximum absolute atomic E-state index is 14.3. The number of amides is 1. The molecule has 40 heavy (non-hydrogen) atoms. The Morgan fingerprint density at radius 3 is 2.65 bits per heavy atom. The summed E-state index contributed by atoms with van der Waals surface area (Å²) < 4.78 is 13.3. The molecule has 8 nitrogen and oxygen atoms in total. The van der Waals surface area contributed by atoms with Crippen molar-refractivity contribution >= 4 is 50.4 Å². The Morgan fingerprint density at radius 1 is 1.20 bits per heavy atom. The Hall–Kier alpha value is -3.76. The number of allylic oxidation sites excluding steroid dienone is 1. The average molecular weight is 623 g/mol. The van der Waals surface area contributed by atoms with Crippen molar-refractivity contribution in [2.45, 2.75) is 32.7 Å². The second-order valence-corrected chi connectivity index (χ2v) is 11.1. The van der Waals surface area contributed by atoms with Gasteiger partial charge in [0.25, 0.3) is 11.5 Å². The van der Waals surface area contributed by atoms with Crippen LogP contribution in [-0.4, -0.2) is 36.7 Å². The molecule has 0 radical (unpaired) electrons. The minimum atomic E-state index is -0.801. The lowest BCUT2D eigenvalue weighted by Gasteiger charge is -2.26. The van der Waals surface area contributed by atoms with Crippen LogP contribution in [0.4, 0.5) is 5.69 Å². The Labute approximate surface area is 243 Å². The number of hydrogen-bond donors (Lipinski definition) is 0. The molecule has 3 aromatic rings. The quantitative estimate of drug-likeness (QED) is 0.277. The number of anilines is 1. The first-order valence-electron chi connectivity index (χ1n) is 13.0. The highest BCUT2D eigenvalue weighted by atomic mass is 79.9. The van der Waals surface area contributed by atoms with E-state index in [1.165, 1.54) is 4.57 Å². The molecule has 0 spiro atoms. The van der Waals surface area contributed by atoms with Crippen LogP contribution < -0.4 is 24.5 Å². The largest absolute Gasteiger partial charge is 0.496 e. The van der Waals surface area contributed by atoms with E-state index in [2.05, 4.69) is 22.5 Å². The number of aromatic nitrogens is 1. The molecule has 2 aliphatic rings. The van der Waals surface area contributed by atoms with Gasteiger partial charge in [-0.1, -0.05) is 55.0 Å². The molecule has 5 rings (SSSR count).